The molecule has 2 rings (SSSR count). The van der Waals surface area contributed by atoms with E-state index in [4.69, 9.17) is 5.11 Å². The van der Waals surface area contributed by atoms with Crippen molar-refractivity contribution in [2.75, 3.05) is 0 Å². The average molecular weight is 247 g/mol. The van der Waals surface area contributed by atoms with Gasteiger partial charge < -0.3 is 14.8 Å². The first-order chi connectivity index (χ1) is 8.29. The number of phenols is 1. The van der Waals surface area contributed by atoms with Crippen LogP contribution >= 0.6 is 0 Å². The van der Waals surface area contributed by atoms with E-state index in [9.17, 15) is 9.90 Å². The number of aliphatic carboxylic acids is 1. The quantitative estimate of drug-likeness (QED) is 0.857. The SMILES string of the molecule is CC(C)(C)c1cc2ccc(O)cc2n1CC(=O)O. The van der Waals surface area contributed by atoms with Crippen LogP contribution in [0, 0.1) is 0 Å². The van der Waals surface area contributed by atoms with E-state index in [0.717, 1.165) is 16.6 Å². The summed E-state index contributed by atoms with van der Waals surface area (Å²) in [6.45, 7) is 6.03. The molecule has 2 aromatic rings. The molecule has 0 aliphatic rings. The molecule has 0 amide bonds. The van der Waals surface area contributed by atoms with E-state index in [2.05, 4.69) is 0 Å². The lowest BCUT2D eigenvalue weighted by molar-refractivity contribution is -0.137. The van der Waals surface area contributed by atoms with Gasteiger partial charge in [-0.05, 0) is 18.2 Å². The molecule has 0 aliphatic heterocycles. The van der Waals surface area contributed by atoms with Crippen LogP contribution in [-0.4, -0.2) is 20.7 Å². The summed E-state index contributed by atoms with van der Waals surface area (Å²) in [6.07, 6.45) is 0. The molecule has 0 saturated heterocycles. The second kappa shape index (κ2) is 4.05. The molecular formula is C14H17NO3. The molecule has 0 bridgehead atoms. The topological polar surface area (TPSA) is 62.5 Å². The van der Waals surface area contributed by atoms with Crippen molar-refractivity contribution in [3.63, 3.8) is 0 Å². The van der Waals surface area contributed by atoms with Crippen molar-refractivity contribution in [1.82, 2.24) is 4.57 Å². The molecule has 1 aromatic carbocycles. The summed E-state index contributed by atoms with van der Waals surface area (Å²) in [5.41, 5.74) is 1.55. The Morgan fingerprint density at radius 2 is 1.94 bits per heavy atom. The molecule has 1 aromatic heterocycles. The fraction of sp³-hybridized carbons (Fsp3) is 0.357. The zero-order chi connectivity index (χ0) is 13.5. The van der Waals surface area contributed by atoms with Gasteiger partial charge in [0.05, 0.1) is 5.52 Å². The summed E-state index contributed by atoms with van der Waals surface area (Å²) >= 11 is 0. The van der Waals surface area contributed by atoms with Crippen LogP contribution in [0.15, 0.2) is 24.3 Å². The number of carboxylic acid groups (broad SMARTS) is 1. The fourth-order valence-electron chi connectivity index (χ4n) is 2.17. The van der Waals surface area contributed by atoms with Crippen molar-refractivity contribution in [2.24, 2.45) is 0 Å². The van der Waals surface area contributed by atoms with Crippen LogP contribution in [0.2, 0.25) is 0 Å². The molecule has 0 saturated carbocycles. The number of aromatic hydroxyl groups is 1. The van der Waals surface area contributed by atoms with Crippen LogP contribution in [0.5, 0.6) is 5.75 Å². The highest BCUT2D eigenvalue weighted by Crippen LogP contribution is 2.31. The highest BCUT2D eigenvalue weighted by atomic mass is 16.4. The van der Waals surface area contributed by atoms with Gasteiger partial charge in [0.25, 0.3) is 0 Å². The van der Waals surface area contributed by atoms with Gasteiger partial charge in [-0.1, -0.05) is 20.8 Å². The molecule has 0 atom stereocenters. The molecular weight excluding hydrogens is 230 g/mol. The minimum Gasteiger partial charge on any atom is -0.508 e. The zero-order valence-corrected chi connectivity index (χ0v) is 10.8. The van der Waals surface area contributed by atoms with Gasteiger partial charge in [0.15, 0.2) is 0 Å². The van der Waals surface area contributed by atoms with Gasteiger partial charge in [-0.3, -0.25) is 4.79 Å². The van der Waals surface area contributed by atoms with Gasteiger partial charge in [-0.15, -0.1) is 0 Å². The van der Waals surface area contributed by atoms with Crippen molar-refractivity contribution in [3.8, 4) is 5.75 Å². The summed E-state index contributed by atoms with van der Waals surface area (Å²) in [7, 11) is 0. The van der Waals surface area contributed by atoms with Crippen LogP contribution in [0.3, 0.4) is 0 Å². The molecule has 0 aliphatic carbocycles. The fourth-order valence-corrected chi connectivity index (χ4v) is 2.17. The lowest BCUT2D eigenvalue weighted by atomic mass is 9.92. The summed E-state index contributed by atoms with van der Waals surface area (Å²) in [5, 5.41) is 19.5. The number of rotatable bonds is 2. The number of hydrogen-bond donors (Lipinski definition) is 2. The standard InChI is InChI=1S/C14H17NO3/c1-14(2,3)12-6-9-4-5-10(16)7-11(9)15(12)8-13(17)18/h4-7,16H,8H2,1-3H3,(H,17,18). The monoisotopic (exact) mass is 247 g/mol. The van der Waals surface area contributed by atoms with E-state index < -0.39 is 5.97 Å². The van der Waals surface area contributed by atoms with Gasteiger partial charge >= 0.3 is 5.97 Å². The van der Waals surface area contributed by atoms with Crippen molar-refractivity contribution < 1.29 is 15.0 Å². The van der Waals surface area contributed by atoms with Crippen molar-refractivity contribution in [1.29, 1.82) is 0 Å². The summed E-state index contributed by atoms with van der Waals surface area (Å²) in [6, 6.07) is 7.00. The highest BCUT2D eigenvalue weighted by Gasteiger charge is 2.22. The third-order valence-electron chi connectivity index (χ3n) is 2.95. The lowest BCUT2D eigenvalue weighted by Gasteiger charge is -2.21. The molecule has 0 fully saturated rings. The van der Waals surface area contributed by atoms with Gasteiger partial charge in [0, 0.05) is 22.6 Å². The third kappa shape index (κ3) is 2.18. The number of nitrogens with zero attached hydrogens (tertiary/aromatic N) is 1. The molecule has 4 heteroatoms. The molecule has 1 heterocycles. The number of phenolic OH excluding ortho intramolecular Hbond substituents is 1. The van der Waals surface area contributed by atoms with E-state index in [1.54, 1.807) is 22.8 Å². The Labute approximate surface area is 105 Å². The van der Waals surface area contributed by atoms with Gasteiger partial charge in [-0.2, -0.15) is 0 Å². The van der Waals surface area contributed by atoms with Crippen LogP contribution in [-0.2, 0) is 16.8 Å². The van der Waals surface area contributed by atoms with Gasteiger partial charge in [0.2, 0.25) is 0 Å². The normalized spacial score (nSPS) is 11.9. The molecule has 18 heavy (non-hydrogen) atoms. The van der Waals surface area contributed by atoms with Crippen LogP contribution < -0.4 is 0 Å². The number of carboxylic acids is 1. The maximum atomic E-state index is 11.0. The summed E-state index contributed by atoms with van der Waals surface area (Å²) < 4.78 is 1.75. The van der Waals surface area contributed by atoms with E-state index in [1.165, 1.54) is 0 Å². The third-order valence-corrected chi connectivity index (χ3v) is 2.95. The summed E-state index contributed by atoms with van der Waals surface area (Å²) in [4.78, 5) is 11.0. The molecule has 0 spiro atoms. The summed E-state index contributed by atoms with van der Waals surface area (Å²) in [5.74, 6) is -0.742. The van der Waals surface area contributed by atoms with E-state index in [-0.39, 0.29) is 17.7 Å². The first-order valence-corrected chi connectivity index (χ1v) is 5.83. The number of carbonyl (C=O) groups is 1. The van der Waals surface area contributed by atoms with E-state index in [1.807, 2.05) is 26.8 Å². The Bertz CT molecular complexity index is 605. The van der Waals surface area contributed by atoms with E-state index in [0.29, 0.717) is 0 Å². The second-order valence-electron chi connectivity index (χ2n) is 5.50. The maximum absolute atomic E-state index is 11.0. The van der Waals surface area contributed by atoms with Gasteiger partial charge in [0.1, 0.15) is 12.3 Å². The molecule has 4 nitrogen and oxygen atoms in total. The second-order valence-corrected chi connectivity index (χ2v) is 5.50. The van der Waals surface area contributed by atoms with Crippen LogP contribution in [0.25, 0.3) is 10.9 Å². The predicted molar refractivity (Wildman–Crippen MR) is 69.9 cm³/mol. The Kier molecular flexibility index (Phi) is 2.81. The first-order valence-electron chi connectivity index (χ1n) is 5.83. The lowest BCUT2D eigenvalue weighted by Crippen LogP contribution is -2.20. The molecule has 0 unspecified atom stereocenters. The first kappa shape index (κ1) is 12.5. The Morgan fingerprint density at radius 3 is 2.50 bits per heavy atom. The van der Waals surface area contributed by atoms with Crippen molar-refractivity contribution in [3.05, 3.63) is 30.0 Å². The minimum absolute atomic E-state index is 0.0977. The van der Waals surface area contributed by atoms with Crippen LogP contribution in [0.1, 0.15) is 26.5 Å². The molecule has 2 N–H and O–H groups in total. The maximum Gasteiger partial charge on any atom is 0.323 e. The molecule has 0 radical (unpaired) electrons. The Morgan fingerprint density at radius 1 is 1.28 bits per heavy atom. The highest BCUT2D eigenvalue weighted by molar-refractivity contribution is 5.84. The smallest absolute Gasteiger partial charge is 0.323 e. The predicted octanol–water partition coefficient (Wildman–Crippen LogP) is 2.73. The number of fused-ring (bicyclic) bond motifs is 1. The van der Waals surface area contributed by atoms with Gasteiger partial charge in [-0.25, -0.2) is 0 Å². The number of benzene rings is 1. The van der Waals surface area contributed by atoms with Crippen LogP contribution in [0.4, 0.5) is 0 Å². The Balaban J connectivity index is 2.73. The van der Waals surface area contributed by atoms with Crippen molar-refractivity contribution >= 4 is 16.9 Å². The minimum atomic E-state index is -0.888. The van der Waals surface area contributed by atoms with Crippen molar-refractivity contribution in [2.45, 2.75) is 32.7 Å². The van der Waals surface area contributed by atoms with E-state index >= 15 is 0 Å². The average Bonchev–Trinajstić information content (AvgIpc) is 2.56. The largest absolute Gasteiger partial charge is 0.508 e. The Hall–Kier alpha value is -1.97. The molecule has 96 valence electrons. The zero-order valence-electron chi connectivity index (χ0n) is 10.8. The number of hydrogen-bond acceptors (Lipinski definition) is 2. The number of aromatic nitrogens is 1.